The van der Waals surface area contributed by atoms with Crippen LogP contribution in [0, 0.1) is 17.3 Å². The molecule has 1 aliphatic carbocycles. The van der Waals surface area contributed by atoms with Crippen LogP contribution < -0.4 is 0 Å². The fourth-order valence-corrected chi connectivity index (χ4v) is 4.13. The number of nitrogens with zero attached hydrogens (tertiary/aromatic N) is 1. The van der Waals surface area contributed by atoms with E-state index in [0.717, 1.165) is 6.42 Å². The van der Waals surface area contributed by atoms with Gasteiger partial charge in [0.25, 0.3) is 0 Å². The van der Waals surface area contributed by atoms with Gasteiger partial charge in [-0.2, -0.15) is 0 Å². The van der Waals surface area contributed by atoms with Crippen LogP contribution in [-0.4, -0.2) is 28.4 Å². The van der Waals surface area contributed by atoms with Crippen molar-refractivity contribution in [3.63, 3.8) is 0 Å². The Labute approximate surface area is 116 Å². The lowest BCUT2D eigenvalue weighted by Crippen LogP contribution is -2.37. The third-order valence-electron chi connectivity index (χ3n) is 4.49. The highest BCUT2D eigenvalue weighted by molar-refractivity contribution is 7.10. The molecule has 2 atom stereocenters. The first kappa shape index (κ1) is 12.7. The second-order valence-corrected chi connectivity index (χ2v) is 6.99. The molecule has 5 heteroatoms. The number of carbonyl (C=O) groups is 2. The molecule has 2 heterocycles. The Balaban J connectivity index is 1.75. The molecule has 0 unspecified atom stereocenters. The molecule has 4 nitrogen and oxygen atoms in total. The molecule has 1 saturated carbocycles. The van der Waals surface area contributed by atoms with Gasteiger partial charge in [0.05, 0.1) is 18.4 Å². The van der Waals surface area contributed by atoms with Gasteiger partial charge in [-0.1, -0.05) is 13.8 Å². The molecule has 1 aromatic heterocycles. The van der Waals surface area contributed by atoms with Crippen LogP contribution in [0.3, 0.4) is 0 Å². The molecule has 0 saturated heterocycles. The van der Waals surface area contributed by atoms with Gasteiger partial charge in [-0.15, -0.1) is 11.3 Å². The molecule has 0 spiro atoms. The van der Waals surface area contributed by atoms with Gasteiger partial charge in [-0.25, -0.2) is 0 Å². The molecule has 1 amide bonds. The van der Waals surface area contributed by atoms with Gasteiger partial charge in [0.1, 0.15) is 0 Å². The molecule has 1 N–H and O–H groups in total. The number of amides is 1. The largest absolute Gasteiger partial charge is 0.481 e. The van der Waals surface area contributed by atoms with Crippen molar-refractivity contribution in [2.45, 2.75) is 26.8 Å². The van der Waals surface area contributed by atoms with E-state index in [1.165, 1.54) is 10.4 Å². The average Bonchev–Trinajstić information content (AvgIpc) is 2.73. The van der Waals surface area contributed by atoms with E-state index in [1.54, 1.807) is 11.3 Å². The second-order valence-electron chi connectivity index (χ2n) is 5.99. The lowest BCUT2D eigenvalue weighted by atomic mass is 10.1. The summed E-state index contributed by atoms with van der Waals surface area (Å²) in [7, 11) is 0. The Hall–Kier alpha value is -1.36. The van der Waals surface area contributed by atoms with Crippen LogP contribution >= 0.6 is 11.3 Å². The van der Waals surface area contributed by atoms with Gasteiger partial charge < -0.3 is 10.0 Å². The molecule has 1 fully saturated rings. The van der Waals surface area contributed by atoms with Crippen molar-refractivity contribution >= 4 is 23.2 Å². The van der Waals surface area contributed by atoms with Crippen molar-refractivity contribution in [2.24, 2.45) is 17.3 Å². The molecule has 0 aromatic carbocycles. The zero-order chi connectivity index (χ0) is 13.8. The van der Waals surface area contributed by atoms with Crippen LogP contribution in [0.2, 0.25) is 0 Å². The third kappa shape index (κ3) is 1.87. The van der Waals surface area contributed by atoms with Crippen molar-refractivity contribution in [3.05, 3.63) is 21.9 Å². The summed E-state index contributed by atoms with van der Waals surface area (Å²) in [4.78, 5) is 26.7. The summed E-state index contributed by atoms with van der Waals surface area (Å²) in [5, 5.41) is 11.2. The maximum Gasteiger partial charge on any atom is 0.307 e. The fraction of sp³-hybridized carbons (Fsp3) is 0.571. The number of carboxylic acids is 1. The molecule has 1 aromatic rings. The van der Waals surface area contributed by atoms with Crippen LogP contribution in [0.25, 0.3) is 0 Å². The van der Waals surface area contributed by atoms with E-state index in [9.17, 15) is 9.59 Å². The number of carboxylic acid groups (broad SMARTS) is 1. The summed E-state index contributed by atoms with van der Waals surface area (Å²) in [5.74, 6) is -1.72. The Bertz CT molecular complexity index is 549. The first-order valence-corrected chi connectivity index (χ1v) is 7.37. The normalized spacial score (nSPS) is 27.8. The van der Waals surface area contributed by atoms with E-state index in [1.807, 2.05) is 18.7 Å². The van der Waals surface area contributed by atoms with E-state index < -0.39 is 17.3 Å². The lowest BCUT2D eigenvalue weighted by Gasteiger charge is -2.27. The molecule has 102 valence electrons. The second kappa shape index (κ2) is 4.07. The minimum atomic E-state index is -0.850. The van der Waals surface area contributed by atoms with Gasteiger partial charge in [0.2, 0.25) is 5.91 Å². The topological polar surface area (TPSA) is 57.6 Å². The fourth-order valence-electron chi connectivity index (χ4n) is 3.18. The van der Waals surface area contributed by atoms with E-state index in [0.29, 0.717) is 13.1 Å². The van der Waals surface area contributed by atoms with Crippen molar-refractivity contribution in [2.75, 3.05) is 6.54 Å². The van der Waals surface area contributed by atoms with Crippen LogP contribution in [0.5, 0.6) is 0 Å². The maximum atomic E-state index is 12.5. The molecular weight excluding hydrogens is 262 g/mol. The van der Waals surface area contributed by atoms with Crippen LogP contribution in [0.15, 0.2) is 11.4 Å². The van der Waals surface area contributed by atoms with E-state index in [2.05, 4.69) is 11.4 Å². The summed E-state index contributed by atoms with van der Waals surface area (Å²) in [6, 6.07) is 2.11. The monoisotopic (exact) mass is 279 g/mol. The standard InChI is InChI=1S/C14H17NO3S/c1-14(2)10(11(14)13(17)18)12(16)15-5-3-8-4-6-19-9(8)7-15/h4,6,10-11H,3,5,7H2,1-2H3,(H,17,18)/t10-,11+/m1/s1. The molecule has 1 aliphatic heterocycles. The highest BCUT2D eigenvalue weighted by atomic mass is 32.1. The summed E-state index contributed by atoms with van der Waals surface area (Å²) in [6.07, 6.45) is 0.884. The molecule has 3 rings (SSSR count). The SMILES string of the molecule is CC1(C)[C@H](C(=O)O)[C@@H]1C(=O)N1CCc2ccsc2C1. The highest BCUT2D eigenvalue weighted by Crippen LogP contribution is 2.59. The molecule has 0 radical (unpaired) electrons. The van der Waals surface area contributed by atoms with Crippen molar-refractivity contribution in [1.29, 1.82) is 0 Å². The van der Waals surface area contributed by atoms with Gasteiger partial charge in [-0.3, -0.25) is 9.59 Å². The first-order chi connectivity index (χ1) is 8.93. The lowest BCUT2D eigenvalue weighted by molar-refractivity contribution is -0.142. The van der Waals surface area contributed by atoms with E-state index >= 15 is 0 Å². The number of carbonyl (C=O) groups excluding carboxylic acids is 1. The summed E-state index contributed by atoms with van der Waals surface area (Å²) in [5.41, 5.74) is 0.928. The summed E-state index contributed by atoms with van der Waals surface area (Å²) >= 11 is 1.68. The number of fused-ring (bicyclic) bond motifs is 1. The van der Waals surface area contributed by atoms with Crippen LogP contribution in [0.1, 0.15) is 24.3 Å². The average molecular weight is 279 g/mol. The first-order valence-electron chi connectivity index (χ1n) is 6.49. The van der Waals surface area contributed by atoms with Gasteiger partial charge in [-0.05, 0) is 28.8 Å². The number of thiophene rings is 1. The summed E-state index contributed by atoms with van der Waals surface area (Å²) < 4.78 is 0. The highest BCUT2D eigenvalue weighted by Gasteiger charge is 2.66. The minimum Gasteiger partial charge on any atom is -0.481 e. The molecular formula is C14H17NO3S. The van der Waals surface area contributed by atoms with Crippen molar-refractivity contribution < 1.29 is 14.7 Å². The van der Waals surface area contributed by atoms with E-state index in [4.69, 9.17) is 5.11 Å². The Kier molecular flexibility index (Phi) is 2.71. The van der Waals surface area contributed by atoms with Gasteiger partial charge in [0.15, 0.2) is 0 Å². The number of rotatable bonds is 2. The quantitative estimate of drug-likeness (QED) is 0.900. The smallest absolute Gasteiger partial charge is 0.307 e. The predicted molar refractivity (Wildman–Crippen MR) is 71.8 cm³/mol. The van der Waals surface area contributed by atoms with Gasteiger partial charge in [0, 0.05) is 11.4 Å². The van der Waals surface area contributed by atoms with Crippen LogP contribution in [-0.2, 0) is 22.6 Å². The Morgan fingerprint density at radius 3 is 2.79 bits per heavy atom. The molecule has 2 aliphatic rings. The predicted octanol–water partition coefficient (Wildman–Crippen LogP) is 1.99. The number of hydrogen-bond donors (Lipinski definition) is 1. The number of aliphatic carboxylic acids is 1. The number of hydrogen-bond acceptors (Lipinski definition) is 3. The Morgan fingerprint density at radius 2 is 2.16 bits per heavy atom. The maximum absolute atomic E-state index is 12.5. The van der Waals surface area contributed by atoms with Gasteiger partial charge >= 0.3 is 5.97 Å². The minimum absolute atomic E-state index is 0.0106. The summed E-state index contributed by atoms with van der Waals surface area (Å²) in [6.45, 7) is 5.09. The van der Waals surface area contributed by atoms with Crippen LogP contribution in [0.4, 0.5) is 0 Å². The molecule has 19 heavy (non-hydrogen) atoms. The third-order valence-corrected chi connectivity index (χ3v) is 5.44. The zero-order valence-electron chi connectivity index (χ0n) is 11.0. The van der Waals surface area contributed by atoms with Crippen molar-refractivity contribution in [1.82, 2.24) is 4.90 Å². The van der Waals surface area contributed by atoms with Crippen molar-refractivity contribution in [3.8, 4) is 0 Å². The van der Waals surface area contributed by atoms with E-state index in [-0.39, 0.29) is 11.8 Å². The Morgan fingerprint density at radius 1 is 1.42 bits per heavy atom. The zero-order valence-corrected chi connectivity index (χ0v) is 11.9. The molecule has 0 bridgehead atoms.